The van der Waals surface area contributed by atoms with E-state index in [0.717, 1.165) is 42.4 Å². The number of benzene rings is 3. The molecule has 4 aromatic rings. The van der Waals surface area contributed by atoms with Gasteiger partial charge >= 0.3 is 0 Å². The zero-order chi connectivity index (χ0) is 22.5. The molecule has 0 atom stereocenters. The summed E-state index contributed by atoms with van der Waals surface area (Å²) in [5.74, 6) is 1.33. The molecule has 3 aromatic carbocycles. The summed E-state index contributed by atoms with van der Waals surface area (Å²) >= 11 is 7.24. The molecule has 0 saturated heterocycles. The molecule has 1 aromatic heterocycles. The second-order valence-corrected chi connectivity index (χ2v) is 8.78. The van der Waals surface area contributed by atoms with E-state index < -0.39 is 0 Å². The molecule has 0 fully saturated rings. The fraction of sp³-hybridized carbons (Fsp3) is 0.0800. The van der Waals surface area contributed by atoms with Gasteiger partial charge in [-0.3, -0.25) is 5.43 Å². The second-order valence-electron chi connectivity index (χ2n) is 7.07. The number of fused-ring (bicyclic) bond motifs is 1. The molecule has 160 valence electrons. The van der Waals surface area contributed by atoms with E-state index in [1.165, 1.54) is 0 Å². The van der Waals surface area contributed by atoms with Crippen LogP contribution in [-0.2, 0) is 0 Å². The number of methoxy groups -OCH3 is 1. The van der Waals surface area contributed by atoms with Crippen LogP contribution < -0.4 is 10.2 Å². The van der Waals surface area contributed by atoms with E-state index in [1.54, 1.807) is 13.3 Å². The number of para-hydroxylation sites is 1. The molecule has 0 aliphatic rings. The minimum Gasteiger partial charge on any atom is -0.497 e. The molecule has 0 unspecified atom stereocenters. The summed E-state index contributed by atoms with van der Waals surface area (Å²) in [5.41, 5.74) is 7.47. The van der Waals surface area contributed by atoms with Crippen molar-refractivity contribution in [3.8, 4) is 5.75 Å². The number of rotatable bonds is 5. The van der Waals surface area contributed by atoms with Crippen LogP contribution in [0.25, 0.3) is 10.9 Å². The van der Waals surface area contributed by atoms with Gasteiger partial charge in [-0.1, -0.05) is 24.3 Å². The van der Waals surface area contributed by atoms with Crippen molar-refractivity contribution in [2.24, 2.45) is 10.1 Å². The van der Waals surface area contributed by atoms with Crippen molar-refractivity contribution in [3.63, 3.8) is 0 Å². The molecule has 0 saturated carbocycles. The molecule has 1 heterocycles. The Morgan fingerprint density at radius 1 is 0.969 bits per heavy atom. The third kappa shape index (κ3) is 5.23. The highest BCUT2D eigenvalue weighted by molar-refractivity contribution is 9.11. The van der Waals surface area contributed by atoms with Crippen molar-refractivity contribution in [1.29, 1.82) is 0 Å². The molecule has 4 rings (SSSR count). The molecule has 5 nitrogen and oxygen atoms in total. The van der Waals surface area contributed by atoms with Gasteiger partial charge in [0.2, 0.25) is 0 Å². The summed E-state index contributed by atoms with van der Waals surface area (Å²) in [5, 5.41) is 5.47. The molecule has 7 heteroatoms. The molecule has 0 aliphatic carbocycles. The van der Waals surface area contributed by atoms with Crippen molar-refractivity contribution in [2.75, 3.05) is 7.11 Å². The third-order valence-corrected chi connectivity index (χ3v) is 5.93. The Balaban J connectivity index is 1.72. The summed E-state index contributed by atoms with van der Waals surface area (Å²) in [6.07, 6.45) is 1.73. The van der Waals surface area contributed by atoms with Crippen LogP contribution in [0, 0.1) is 6.92 Å². The highest BCUT2D eigenvalue weighted by atomic mass is 79.9. The number of pyridine rings is 1. The van der Waals surface area contributed by atoms with Crippen LogP contribution in [0.2, 0.25) is 0 Å². The van der Waals surface area contributed by atoms with E-state index in [2.05, 4.69) is 42.4 Å². The molecule has 0 bridgehead atoms. The van der Waals surface area contributed by atoms with Gasteiger partial charge < -0.3 is 4.74 Å². The maximum atomic E-state index is 5.21. The van der Waals surface area contributed by atoms with Gasteiger partial charge in [0.05, 0.1) is 24.5 Å². The molecule has 32 heavy (non-hydrogen) atoms. The fourth-order valence-electron chi connectivity index (χ4n) is 3.11. The molecule has 0 amide bonds. The van der Waals surface area contributed by atoms with Gasteiger partial charge in [0, 0.05) is 14.3 Å². The number of amidine groups is 1. The van der Waals surface area contributed by atoms with Gasteiger partial charge in [-0.2, -0.15) is 5.10 Å². The van der Waals surface area contributed by atoms with Gasteiger partial charge in [-0.25, -0.2) is 9.98 Å². The molecular weight excluding hydrogens is 532 g/mol. The number of hydrogen-bond donors (Lipinski definition) is 1. The van der Waals surface area contributed by atoms with Gasteiger partial charge in [-0.15, -0.1) is 0 Å². The minimum atomic E-state index is 0.533. The highest BCUT2D eigenvalue weighted by Gasteiger charge is 2.11. The number of hydrogen-bond acceptors (Lipinski definition) is 4. The molecule has 1 N–H and O–H groups in total. The largest absolute Gasteiger partial charge is 0.497 e. The van der Waals surface area contributed by atoms with E-state index in [9.17, 15) is 0 Å². The SMILES string of the molecule is COc1ccc(/C=N/NC(=Nc2c(Br)cc(C)cc2Br)c2ccc3ccccc3n2)cc1. The van der Waals surface area contributed by atoms with Crippen LogP contribution in [0.1, 0.15) is 16.8 Å². The van der Waals surface area contributed by atoms with Crippen molar-refractivity contribution in [3.05, 3.63) is 98.6 Å². The zero-order valence-electron chi connectivity index (χ0n) is 17.5. The van der Waals surface area contributed by atoms with E-state index in [4.69, 9.17) is 14.7 Å². The van der Waals surface area contributed by atoms with Crippen molar-refractivity contribution in [2.45, 2.75) is 6.92 Å². The van der Waals surface area contributed by atoms with Crippen molar-refractivity contribution in [1.82, 2.24) is 10.4 Å². The Morgan fingerprint density at radius 2 is 1.69 bits per heavy atom. The fourth-order valence-corrected chi connectivity index (χ4v) is 4.70. The topological polar surface area (TPSA) is 58.9 Å². The van der Waals surface area contributed by atoms with E-state index in [0.29, 0.717) is 11.5 Å². The van der Waals surface area contributed by atoms with Crippen LogP contribution in [0.5, 0.6) is 5.75 Å². The third-order valence-electron chi connectivity index (χ3n) is 4.73. The van der Waals surface area contributed by atoms with Gasteiger partial charge in [-0.05, 0) is 98.4 Å². The first-order chi connectivity index (χ1) is 15.5. The zero-order valence-corrected chi connectivity index (χ0v) is 20.7. The number of aromatic nitrogens is 1. The first kappa shape index (κ1) is 22.2. The molecule has 0 aliphatic heterocycles. The second kappa shape index (κ2) is 10.1. The maximum absolute atomic E-state index is 5.21. The molecule has 0 spiro atoms. The van der Waals surface area contributed by atoms with Gasteiger partial charge in [0.1, 0.15) is 11.4 Å². The average Bonchev–Trinajstić information content (AvgIpc) is 2.80. The predicted molar refractivity (Wildman–Crippen MR) is 138 cm³/mol. The number of nitrogens with one attached hydrogen (secondary N) is 1. The molecular formula is C25H20Br2N4O. The van der Waals surface area contributed by atoms with Crippen LogP contribution in [0.15, 0.2) is 91.8 Å². The lowest BCUT2D eigenvalue weighted by atomic mass is 10.2. The van der Waals surface area contributed by atoms with Crippen molar-refractivity contribution < 1.29 is 4.74 Å². The average molecular weight is 552 g/mol. The first-order valence-corrected chi connectivity index (χ1v) is 11.5. The summed E-state index contributed by atoms with van der Waals surface area (Å²) in [6, 6.07) is 23.6. The lowest BCUT2D eigenvalue weighted by Crippen LogP contribution is -2.20. The van der Waals surface area contributed by atoms with Gasteiger partial charge in [0.15, 0.2) is 5.84 Å². The summed E-state index contributed by atoms with van der Waals surface area (Å²) in [7, 11) is 1.64. The Labute approximate surface area is 203 Å². The van der Waals surface area contributed by atoms with Crippen LogP contribution in [0.3, 0.4) is 0 Å². The maximum Gasteiger partial charge on any atom is 0.173 e. The number of ether oxygens (including phenoxy) is 1. The summed E-state index contributed by atoms with van der Waals surface area (Å²) in [6.45, 7) is 2.03. The number of aryl methyl sites for hydroxylation is 1. The monoisotopic (exact) mass is 550 g/mol. The first-order valence-electron chi connectivity index (χ1n) is 9.87. The predicted octanol–water partition coefficient (Wildman–Crippen LogP) is 6.78. The number of halogens is 2. The van der Waals surface area contributed by atoms with E-state index >= 15 is 0 Å². The van der Waals surface area contributed by atoms with Gasteiger partial charge in [0.25, 0.3) is 0 Å². The number of nitrogens with zero attached hydrogens (tertiary/aromatic N) is 3. The highest BCUT2D eigenvalue weighted by Crippen LogP contribution is 2.35. The lowest BCUT2D eigenvalue weighted by Gasteiger charge is -2.10. The number of hydrazone groups is 1. The lowest BCUT2D eigenvalue weighted by molar-refractivity contribution is 0.415. The Kier molecular flexibility index (Phi) is 6.97. The van der Waals surface area contributed by atoms with Crippen LogP contribution in [0.4, 0.5) is 5.69 Å². The van der Waals surface area contributed by atoms with E-state index in [1.807, 2.05) is 79.7 Å². The van der Waals surface area contributed by atoms with Crippen LogP contribution in [-0.4, -0.2) is 24.1 Å². The Bertz CT molecular complexity index is 1290. The Morgan fingerprint density at radius 3 is 2.41 bits per heavy atom. The standard InChI is InChI=1S/C25H20Br2N4O/c1-16-13-20(26)24(21(27)14-16)30-25(23-12-9-18-5-3-4-6-22(18)29-23)31-28-15-17-7-10-19(32-2)11-8-17/h3-15H,1-2H3,(H,30,31)/b28-15+. The quantitative estimate of drug-likeness (QED) is 0.169. The molecule has 0 radical (unpaired) electrons. The number of aliphatic imine (C=N–C) groups is 1. The normalized spacial score (nSPS) is 11.8. The minimum absolute atomic E-state index is 0.533. The van der Waals surface area contributed by atoms with E-state index in [-0.39, 0.29) is 0 Å². The summed E-state index contributed by atoms with van der Waals surface area (Å²) < 4.78 is 6.96. The van der Waals surface area contributed by atoms with Crippen LogP contribution >= 0.6 is 31.9 Å². The summed E-state index contributed by atoms with van der Waals surface area (Å²) in [4.78, 5) is 9.63. The smallest absolute Gasteiger partial charge is 0.173 e. The van der Waals surface area contributed by atoms with Crippen molar-refractivity contribution >= 4 is 60.5 Å². The Hall–Kier alpha value is -3.03.